The number of nitrogens with one attached hydrogen (secondary N) is 1. The summed E-state index contributed by atoms with van der Waals surface area (Å²) in [7, 11) is 1.85. The molecule has 1 N–H and O–H groups in total. The topological polar surface area (TPSA) is 21.3 Å². The van der Waals surface area contributed by atoms with E-state index in [4.69, 9.17) is 4.74 Å². The van der Waals surface area contributed by atoms with Gasteiger partial charge in [0.05, 0.1) is 6.10 Å². The highest BCUT2D eigenvalue weighted by atomic mass is 16.5. The van der Waals surface area contributed by atoms with Crippen molar-refractivity contribution in [3.63, 3.8) is 0 Å². The van der Waals surface area contributed by atoms with Gasteiger partial charge in [-0.2, -0.15) is 0 Å². The van der Waals surface area contributed by atoms with Gasteiger partial charge in [-0.3, -0.25) is 0 Å². The standard InChI is InChI=1S/C15H29NO/c1-12-6-4-3-5-7-15(12)16-13-8-10-14(17-2)11-9-13/h12-16H,3-11H2,1-2H3. The number of hydrogen-bond acceptors (Lipinski definition) is 2. The monoisotopic (exact) mass is 239 g/mol. The lowest BCUT2D eigenvalue weighted by Gasteiger charge is -2.33. The Bertz CT molecular complexity index is 211. The summed E-state index contributed by atoms with van der Waals surface area (Å²) in [5.41, 5.74) is 0. The zero-order valence-electron chi connectivity index (χ0n) is 11.6. The molecule has 2 aliphatic rings. The molecule has 0 spiro atoms. The molecular formula is C15H29NO. The van der Waals surface area contributed by atoms with Gasteiger partial charge in [0, 0.05) is 19.2 Å². The molecule has 0 aromatic carbocycles. The third-order valence-corrected chi connectivity index (χ3v) is 4.82. The van der Waals surface area contributed by atoms with Crippen molar-refractivity contribution in [1.82, 2.24) is 5.32 Å². The Hall–Kier alpha value is -0.0800. The summed E-state index contributed by atoms with van der Waals surface area (Å²) in [6, 6.07) is 1.54. The van der Waals surface area contributed by atoms with Crippen LogP contribution in [0.4, 0.5) is 0 Å². The molecule has 2 rings (SSSR count). The lowest BCUT2D eigenvalue weighted by molar-refractivity contribution is 0.0599. The van der Waals surface area contributed by atoms with Crippen LogP contribution in [-0.2, 0) is 4.74 Å². The minimum Gasteiger partial charge on any atom is -0.381 e. The third kappa shape index (κ3) is 3.96. The molecule has 2 unspecified atom stereocenters. The van der Waals surface area contributed by atoms with Crippen molar-refractivity contribution in [2.75, 3.05) is 7.11 Å². The minimum absolute atomic E-state index is 0.527. The summed E-state index contributed by atoms with van der Waals surface area (Å²) >= 11 is 0. The van der Waals surface area contributed by atoms with Crippen molar-refractivity contribution in [2.24, 2.45) is 5.92 Å². The average Bonchev–Trinajstić information content (AvgIpc) is 2.56. The molecule has 2 heteroatoms. The maximum atomic E-state index is 5.44. The first-order chi connectivity index (χ1) is 8.29. The zero-order chi connectivity index (χ0) is 12.1. The van der Waals surface area contributed by atoms with Gasteiger partial charge in [-0.1, -0.05) is 26.2 Å². The summed E-state index contributed by atoms with van der Waals surface area (Å²) < 4.78 is 5.44. The molecule has 2 saturated carbocycles. The molecule has 2 atom stereocenters. The summed E-state index contributed by atoms with van der Waals surface area (Å²) in [5, 5.41) is 3.94. The van der Waals surface area contributed by atoms with Crippen LogP contribution in [-0.4, -0.2) is 25.3 Å². The van der Waals surface area contributed by atoms with Crippen molar-refractivity contribution in [2.45, 2.75) is 82.9 Å². The SMILES string of the molecule is COC1CCC(NC2CCCCCC2C)CC1. The fraction of sp³-hybridized carbons (Fsp3) is 1.00. The van der Waals surface area contributed by atoms with E-state index in [9.17, 15) is 0 Å². The van der Waals surface area contributed by atoms with E-state index in [1.165, 1.54) is 57.8 Å². The van der Waals surface area contributed by atoms with Crippen LogP contribution >= 0.6 is 0 Å². The van der Waals surface area contributed by atoms with E-state index < -0.39 is 0 Å². The smallest absolute Gasteiger partial charge is 0.0572 e. The van der Waals surface area contributed by atoms with E-state index in [2.05, 4.69) is 12.2 Å². The van der Waals surface area contributed by atoms with E-state index in [1.807, 2.05) is 7.11 Å². The fourth-order valence-electron chi connectivity index (χ4n) is 3.51. The second-order valence-electron chi connectivity index (χ2n) is 6.10. The fourth-order valence-corrected chi connectivity index (χ4v) is 3.51. The van der Waals surface area contributed by atoms with Crippen LogP contribution in [0.25, 0.3) is 0 Å². The van der Waals surface area contributed by atoms with Crippen LogP contribution in [0.3, 0.4) is 0 Å². The summed E-state index contributed by atoms with van der Waals surface area (Å²) in [4.78, 5) is 0. The van der Waals surface area contributed by atoms with E-state index in [1.54, 1.807) is 0 Å². The Labute approximate surface area is 107 Å². The molecule has 2 aliphatic carbocycles. The van der Waals surface area contributed by atoms with Gasteiger partial charge in [0.1, 0.15) is 0 Å². The lowest BCUT2D eigenvalue weighted by Crippen LogP contribution is -2.44. The minimum atomic E-state index is 0.527. The van der Waals surface area contributed by atoms with Gasteiger partial charge < -0.3 is 10.1 Å². The van der Waals surface area contributed by atoms with Gasteiger partial charge >= 0.3 is 0 Å². The van der Waals surface area contributed by atoms with Gasteiger partial charge in [-0.15, -0.1) is 0 Å². The first kappa shape index (κ1) is 13.4. The predicted molar refractivity (Wildman–Crippen MR) is 72.2 cm³/mol. The van der Waals surface area contributed by atoms with Gasteiger partial charge in [0.2, 0.25) is 0 Å². The highest BCUT2D eigenvalue weighted by Gasteiger charge is 2.26. The number of methoxy groups -OCH3 is 1. The van der Waals surface area contributed by atoms with Crippen molar-refractivity contribution < 1.29 is 4.74 Å². The molecule has 2 nitrogen and oxygen atoms in total. The molecule has 2 fully saturated rings. The Morgan fingerprint density at radius 3 is 2.29 bits per heavy atom. The molecule has 17 heavy (non-hydrogen) atoms. The Morgan fingerprint density at radius 1 is 0.882 bits per heavy atom. The van der Waals surface area contributed by atoms with Crippen LogP contribution in [0.15, 0.2) is 0 Å². The van der Waals surface area contributed by atoms with Crippen LogP contribution < -0.4 is 5.32 Å². The molecule has 0 amide bonds. The Morgan fingerprint density at radius 2 is 1.59 bits per heavy atom. The first-order valence-electron chi connectivity index (χ1n) is 7.58. The molecule has 0 radical (unpaired) electrons. The maximum absolute atomic E-state index is 5.44. The van der Waals surface area contributed by atoms with Crippen molar-refractivity contribution >= 4 is 0 Å². The molecule has 0 bridgehead atoms. The largest absolute Gasteiger partial charge is 0.381 e. The van der Waals surface area contributed by atoms with Crippen molar-refractivity contribution in [3.05, 3.63) is 0 Å². The maximum Gasteiger partial charge on any atom is 0.0572 e. The van der Waals surface area contributed by atoms with Crippen LogP contribution in [0.1, 0.15) is 64.7 Å². The lowest BCUT2D eigenvalue weighted by atomic mass is 9.90. The average molecular weight is 239 g/mol. The quantitative estimate of drug-likeness (QED) is 0.761. The third-order valence-electron chi connectivity index (χ3n) is 4.82. The van der Waals surface area contributed by atoms with Crippen LogP contribution in [0.2, 0.25) is 0 Å². The molecular weight excluding hydrogens is 210 g/mol. The first-order valence-corrected chi connectivity index (χ1v) is 7.58. The zero-order valence-corrected chi connectivity index (χ0v) is 11.6. The number of rotatable bonds is 3. The Kier molecular flexibility index (Phi) is 5.30. The predicted octanol–water partition coefficient (Wildman–Crippen LogP) is 3.50. The summed E-state index contributed by atoms with van der Waals surface area (Å²) in [6.45, 7) is 2.43. The highest BCUT2D eigenvalue weighted by molar-refractivity contribution is 4.84. The van der Waals surface area contributed by atoms with Crippen LogP contribution in [0, 0.1) is 5.92 Å². The highest BCUT2D eigenvalue weighted by Crippen LogP contribution is 2.26. The van der Waals surface area contributed by atoms with Gasteiger partial charge in [0.25, 0.3) is 0 Å². The summed E-state index contributed by atoms with van der Waals surface area (Å²) in [5.74, 6) is 0.873. The van der Waals surface area contributed by atoms with Gasteiger partial charge in [0.15, 0.2) is 0 Å². The van der Waals surface area contributed by atoms with E-state index in [-0.39, 0.29) is 0 Å². The van der Waals surface area contributed by atoms with E-state index in [0.717, 1.165) is 18.0 Å². The molecule has 0 heterocycles. The van der Waals surface area contributed by atoms with Gasteiger partial charge in [-0.25, -0.2) is 0 Å². The summed E-state index contributed by atoms with van der Waals surface area (Å²) in [6.07, 6.45) is 12.8. The molecule has 0 aromatic heterocycles. The van der Waals surface area contributed by atoms with E-state index in [0.29, 0.717) is 6.10 Å². The normalized spacial score (nSPS) is 39.9. The number of ether oxygens (including phenoxy) is 1. The Balaban J connectivity index is 1.76. The van der Waals surface area contributed by atoms with Crippen LogP contribution in [0.5, 0.6) is 0 Å². The number of hydrogen-bond donors (Lipinski definition) is 1. The van der Waals surface area contributed by atoms with Crippen molar-refractivity contribution in [3.8, 4) is 0 Å². The van der Waals surface area contributed by atoms with E-state index >= 15 is 0 Å². The van der Waals surface area contributed by atoms with Gasteiger partial charge in [-0.05, 0) is 44.4 Å². The molecule has 0 saturated heterocycles. The second kappa shape index (κ2) is 6.75. The molecule has 100 valence electrons. The van der Waals surface area contributed by atoms with Crippen molar-refractivity contribution in [1.29, 1.82) is 0 Å². The molecule has 0 aromatic rings. The molecule has 0 aliphatic heterocycles. The second-order valence-corrected chi connectivity index (χ2v) is 6.10.